The van der Waals surface area contributed by atoms with Crippen LogP contribution in [0, 0.1) is 5.92 Å². The molecule has 0 spiro atoms. The maximum Gasteiger partial charge on any atom is 0.225 e. The van der Waals surface area contributed by atoms with Crippen molar-refractivity contribution in [1.82, 2.24) is 25.1 Å². The van der Waals surface area contributed by atoms with Crippen molar-refractivity contribution in [1.29, 1.82) is 0 Å². The molecule has 1 atom stereocenters. The van der Waals surface area contributed by atoms with Gasteiger partial charge < -0.3 is 24.6 Å². The Kier molecular flexibility index (Phi) is 12.4. The first-order valence-electron chi connectivity index (χ1n) is 11.1. The van der Waals surface area contributed by atoms with Gasteiger partial charge in [0.05, 0.1) is 26.4 Å². The van der Waals surface area contributed by atoms with Gasteiger partial charge in [0.2, 0.25) is 5.95 Å². The van der Waals surface area contributed by atoms with Gasteiger partial charge in [-0.2, -0.15) is 0 Å². The van der Waals surface area contributed by atoms with Crippen molar-refractivity contribution < 1.29 is 9.47 Å². The topological polar surface area (TPSA) is 78.4 Å². The van der Waals surface area contributed by atoms with Crippen LogP contribution in [-0.4, -0.2) is 112 Å². The monoisotopic (exact) mass is 547 g/mol. The van der Waals surface area contributed by atoms with Gasteiger partial charge in [-0.05, 0) is 19.4 Å². The number of ether oxygens (including phenoxy) is 2. The highest BCUT2D eigenvalue weighted by Gasteiger charge is 2.25. The second-order valence-electron chi connectivity index (χ2n) is 7.78. The lowest BCUT2D eigenvalue weighted by atomic mass is 10.1. The molecule has 10 heteroatoms. The van der Waals surface area contributed by atoms with Crippen LogP contribution in [0.1, 0.15) is 13.3 Å². The Balaban J connectivity index is 0.00000341. The van der Waals surface area contributed by atoms with Gasteiger partial charge in [0.15, 0.2) is 5.96 Å². The summed E-state index contributed by atoms with van der Waals surface area (Å²) in [7, 11) is 1.71. The number of piperazine rings is 1. The van der Waals surface area contributed by atoms with Crippen LogP contribution in [0.5, 0.6) is 0 Å². The van der Waals surface area contributed by atoms with Gasteiger partial charge in [-0.25, -0.2) is 9.97 Å². The molecule has 0 aliphatic carbocycles. The van der Waals surface area contributed by atoms with Crippen molar-refractivity contribution in [3.63, 3.8) is 0 Å². The highest BCUT2D eigenvalue weighted by atomic mass is 127. The maximum atomic E-state index is 5.72. The zero-order chi connectivity index (χ0) is 21.0. The van der Waals surface area contributed by atoms with Gasteiger partial charge in [0.25, 0.3) is 0 Å². The standard InChI is InChI=1S/C21H37N7O2.HI/c1-3-22-20(28-9-5-19(17-28)18-30-16-15-29-2)25-8-10-26-11-13-27(14-12-26)21-23-6-4-7-24-21;/h4,6-7,19H,3,5,8-18H2,1-2H3,(H,22,25);1H. The van der Waals surface area contributed by atoms with Crippen LogP contribution >= 0.6 is 24.0 Å². The SMILES string of the molecule is CCNC(=NCCN1CCN(c2ncccn2)CC1)N1CCC(COCCOC)C1.I. The van der Waals surface area contributed by atoms with Gasteiger partial charge in [0.1, 0.15) is 0 Å². The zero-order valence-electron chi connectivity index (χ0n) is 18.9. The van der Waals surface area contributed by atoms with Gasteiger partial charge >= 0.3 is 0 Å². The lowest BCUT2D eigenvalue weighted by Gasteiger charge is -2.34. The van der Waals surface area contributed by atoms with Crippen LogP contribution < -0.4 is 10.2 Å². The number of aliphatic imine (C=N–C) groups is 1. The summed E-state index contributed by atoms with van der Waals surface area (Å²) in [5.41, 5.74) is 0. The highest BCUT2D eigenvalue weighted by molar-refractivity contribution is 14.0. The van der Waals surface area contributed by atoms with Crippen LogP contribution in [0.3, 0.4) is 0 Å². The number of hydrogen-bond donors (Lipinski definition) is 1. The Labute approximate surface area is 203 Å². The number of halogens is 1. The maximum absolute atomic E-state index is 5.72. The van der Waals surface area contributed by atoms with Crippen LogP contribution in [0.4, 0.5) is 5.95 Å². The van der Waals surface area contributed by atoms with Gasteiger partial charge in [-0.15, -0.1) is 24.0 Å². The van der Waals surface area contributed by atoms with Crippen molar-refractivity contribution in [2.45, 2.75) is 13.3 Å². The average Bonchev–Trinajstić information content (AvgIpc) is 3.26. The van der Waals surface area contributed by atoms with Crippen LogP contribution in [0.25, 0.3) is 0 Å². The molecule has 0 aromatic carbocycles. The summed E-state index contributed by atoms with van der Waals surface area (Å²) < 4.78 is 10.8. The Morgan fingerprint density at radius 2 is 1.94 bits per heavy atom. The van der Waals surface area contributed by atoms with E-state index >= 15 is 0 Å². The predicted molar refractivity (Wildman–Crippen MR) is 134 cm³/mol. The van der Waals surface area contributed by atoms with E-state index in [-0.39, 0.29) is 24.0 Å². The Hall–Kier alpha value is -1.24. The molecule has 9 nitrogen and oxygen atoms in total. The van der Waals surface area contributed by atoms with E-state index in [9.17, 15) is 0 Å². The molecule has 3 heterocycles. The van der Waals surface area contributed by atoms with Crippen molar-refractivity contribution >= 4 is 35.9 Å². The Morgan fingerprint density at radius 3 is 2.65 bits per heavy atom. The van der Waals surface area contributed by atoms with E-state index in [4.69, 9.17) is 14.5 Å². The average molecular weight is 547 g/mol. The minimum atomic E-state index is 0. The third-order valence-corrected chi connectivity index (χ3v) is 5.59. The minimum absolute atomic E-state index is 0. The third-order valence-electron chi connectivity index (χ3n) is 5.59. The molecule has 2 aliphatic heterocycles. The molecule has 1 N–H and O–H groups in total. The third kappa shape index (κ3) is 8.66. The van der Waals surface area contributed by atoms with Crippen molar-refractivity contribution in [2.75, 3.05) is 90.7 Å². The first-order valence-corrected chi connectivity index (χ1v) is 11.1. The quantitative estimate of drug-likeness (QED) is 0.203. The minimum Gasteiger partial charge on any atom is -0.382 e. The number of hydrogen-bond acceptors (Lipinski definition) is 7. The summed E-state index contributed by atoms with van der Waals surface area (Å²) in [6, 6.07) is 1.86. The van der Waals surface area contributed by atoms with E-state index in [1.807, 2.05) is 6.07 Å². The molecule has 2 fully saturated rings. The number of nitrogens with one attached hydrogen (secondary N) is 1. The lowest BCUT2D eigenvalue weighted by molar-refractivity contribution is 0.0536. The van der Waals surface area contributed by atoms with E-state index in [0.29, 0.717) is 19.1 Å². The molecule has 1 unspecified atom stereocenters. The van der Waals surface area contributed by atoms with Crippen LogP contribution in [-0.2, 0) is 9.47 Å². The van der Waals surface area contributed by atoms with Crippen molar-refractivity contribution in [3.05, 3.63) is 18.5 Å². The van der Waals surface area contributed by atoms with E-state index in [1.165, 1.54) is 0 Å². The molecular formula is C21H38IN7O2. The molecule has 0 amide bonds. The fourth-order valence-electron chi connectivity index (χ4n) is 3.90. The van der Waals surface area contributed by atoms with Gasteiger partial charge in [0, 0.05) is 77.8 Å². The normalized spacial score (nSPS) is 20.1. The smallest absolute Gasteiger partial charge is 0.225 e. The van der Waals surface area contributed by atoms with Crippen LogP contribution in [0.2, 0.25) is 0 Å². The molecule has 0 saturated carbocycles. The number of aromatic nitrogens is 2. The number of nitrogens with zero attached hydrogens (tertiary/aromatic N) is 6. The summed E-state index contributed by atoms with van der Waals surface area (Å²) in [5.74, 6) is 2.44. The number of guanidine groups is 1. The first kappa shape index (κ1) is 26.0. The highest BCUT2D eigenvalue weighted by Crippen LogP contribution is 2.16. The molecule has 3 rings (SSSR count). The van der Waals surface area contributed by atoms with Gasteiger partial charge in [-0.1, -0.05) is 0 Å². The molecule has 0 radical (unpaired) electrons. The summed E-state index contributed by atoms with van der Waals surface area (Å²) >= 11 is 0. The summed E-state index contributed by atoms with van der Waals surface area (Å²) in [4.78, 5) is 20.7. The van der Waals surface area contributed by atoms with E-state index < -0.39 is 0 Å². The molecule has 31 heavy (non-hydrogen) atoms. The predicted octanol–water partition coefficient (Wildman–Crippen LogP) is 1.17. The van der Waals surface area contributed by atoms with Crippen LogP contribution in [0.15, 0.2) is 23.5 Å². The number of anilines is 1. The number of rotatable bonds is 10. The Morgan fingerprint density at radius 1 is 1.16 bits per heavy atom. The molecule has 2 saturated heterocycles. The molecule has 2 aliphatic rings. The van der Waals surface area contributed by atoms with E-state index in [2.05, 4.69) is 36.9 Å². The Bertz CT molecular complexity index is 629. The molecule has 1 aromatic heterocycles. The number of methoxy groups -OCH3 is 1. The summed E-state index contributed by atoms with van der Waals surface area (Å²) in [6.45, 7) is 13.0. The zero-order valence-corrected chi connectivity index (χ0v) is 21.2. The van der Waals surface area contributed by atoms with E-state index in [0.717, 1.165) is 83.8 Å². The molecule has 0 bridgehead atoms. The van der Waals surface area contributed by atoms with Crippen molar-refractivity contribution in [3.8, 4) is 0 Å². The van der Waals surface area contributed by atoms with Crippen molar-refractivity contribution in [2.24, 2.45) is 10.9 Å². The van der Waals surface area contributed by atoms with Gasteiger partial charge in [-0.3, -0.25) is 9.89 Å². The lowest BCUT2D eigenvalue weighted by Crippen LogP contribution is -2.48. The molecule has 176 valence electrons. The summed E-state index contributed by atoms with van der Waals surface area (Å²) in [6.07, 6.45) is 4.77. The largest absolute Gasteiger partial charge is 0.382 e. The summed E-state index contributed by atoms with van der Waals surface area (Å²) in [5, 5.41) is 3.46. The molecule has 1 aromatic rings. The van der Waals surface area contributed by atoms with E-state index in [1.54, 1.807) is 19.5 Å². The second kappa shape index (κ2) is 14.8. The second-order valence-corrected chi connectivity index (χ2v) is 7.78. The fraction of sp³-hybridized carbons (Fsp3) is 0.762. The first-order chi connectivity index (χ1) is 14.8. The fourth-order valence-corrected chi connectivity index (χ4v) is 3.90. The number of likely N-dealkylation sites (tertiary alicyclic amines) is 1. The molecular weight excluding hydrogens is 509 g/mol.